The van der Waals surface area contributed by atoms with E-state index in [2.05, 4.69) is 47.5 Å². The molecule has 2 unspecified atom stereocenters. The molecule has 1 heterocycles. The van der Waals surface area contributed by atoms with Gasteiger partial charge in [0.25, 0.3) is 0 Å². The molecule has 1 fully saturated rings. The van der Waals surface area contributed by atoms with Crippen LogP contribution in [0.4, 0.5) is 0 Å². The highest BCUT2D eigenvalue weighted by Crippen LogP contribution is 2.23. The molecule has 100 valence electrons. The van der Waals surface area contributed by atoms with Crippen molar-refractivity contribution in [1.29, 1.82) is 0 Å². The lowest BCUT2D eigenvalue weighted by Crippen LogP contribution is -2.51. The molecule has 0 radical (unpaired) electrons. The van der Waals surface area contributed by atoms with E-state index in [0.29, 0.717) is 12.1 Å². The summed E-state index contributed by atoms with van der Waals surface area (Å²) in [6.45, 7) is 6.37. The van der Waals surface area contributed by atoms with Gasteiger partial charge in [-0.3, -0.25) is 4.90 Å². The molecule has 0 aromatic heterocycles. The standard InChI is InChI=1S/C15H24N2O/c1-13-12-17(9-6-10-18-2)15(11-16-13)14-7-4-3-5-8-14/h3-5,7-8,13,15-16H,6,9-12H2,1-2H3. The molecule has 1 aliphatic heterocycles. The van der Waals surface area contributed by atoms with Gasteiger partial charge in [-0.1, -0.05) is 30.3 Å². The van der Waals surface area contributed by atoms with Crippen molar-refractivity contribution in [2.75, 3.05) is 33.4 Å². The van der Waals surface area contributed by atoms with Crippen molar-refractivity contribution in [3.63, 3.8) is 0 Å². The molecule has 3 nitrogen and oxygen atoms in total. The van der Waals surface area contributed by atoms with Crippen LogP contribution in [-0.4, -0.2) is 44.3 Å². The molecule has 1 N–H and O–H groups in total. The Bertz CT molecular complexity index is 342. The van der Waals surface area contributed by atoms with Crippen LogP contribution in [0.2, 0.25) is 0 Å². The van der Waals surface area contributed by atoms with Gasteiger partial charge >= 0.3 is 0 Å². The lowest BCUT2D eigenvalue weighted by Gasteiger charge is -2.39. The summed E-state index contributed by atoms with van der Waals surface area (Å²) in [6.07, 6.45) is 1.10. The van der Waals surface area contributed by atoms with E-state index < -0.39 is 0 Å². The molecule has 1 aromatic rings. The van der Waals surface area contributed by atoms with Gasteiger partial charge in [0.15, 0.2) is 0 Å². The Kier molecular flexibility index (Phi) is 5.17. The summed E-state index contributed by atoms with van der Waals surface area (Å²) in [6, 6.07) is 11.9. The smallest absolute Gasteiger partial charge is 0.0474 e. The first-order valence-electron chi connectivity index (χ1n) is 6.82. The fourth-order valence-corrected chi connectivity index (χ4v) is 2.65. The Morgan fingerprint density at radius 3 is 2.83 bits per heavy atom. The fourth-order valence-electron chi connectivity index (χ4n) is 2.65. The Morgan fingerprint density at radius 1 is 1.33 bits per heavy atom. The van der Waals surface area contributed by atoms with Crippen LogP contribution >= 0.6 is 0 Å². The minimum Gasteiger partial charge on any atom is -0.385 e. The van der Waals surface area contributed by atoms with Crippen molar-refractivity contribution in [2.45, 2.75) is 25.4 Å². The van der Waals surface area contributed by atoms with Crippen LogP contribution in [0.25, 0.3) is 0 Å². The van der Waals surface area contributed by atoms with Crippen molar-refractivity contribution < 1.29 is 4.74 Å². The molecule has 2 rings (SSSR count). The highest BCUT2D eigenvalue weighted by molar-refractivity contribution is 5.20. The molecule has 0 saturated carbocycles. The monoisotopic (exact) mass is 248 g/mol. The topological polar surface area (TPSA) is 24.5 Å². The first kappa shape index (κ1) is 13.5. The Labute approximate surface area is 110 Å². The zero-order valence-corrected chi connectivity index (χ0v) is 11.4. The Balaban J connectivity index is 2.01. The summed E-state index contributed by atoms with van der Waals surface area (Å²) >= 11 is 0. The molecular weight excluding hydrogens is 224 g/mol. The lowest BCUT2D eigenvalue weighted by molar-refractivity contribution is 0.114. The zero-order chi connectivity index (χ0) is 12.8. The van der Waals surface area contributed by atoms with Crippen LogP contribution in [0.3, 0.4) is 0 Å². The van der Waals surface area contributed by atoms with Gasteiger partial charge in [-0.15, -0.1) is 0 Å². The summed E-state index contributed by atoms with van der Waals surface area (Å²) in [4.78, 5) is 2.58. The van der Waals surface area contributed by atoms with Crippen LogP contribution in [0.15, 0.2) is 30.3 Å². The van der Waals surface area contributed by atoms with E-state index in [-0.39, 0.29) is 0 Å². The van der Waals surface area contributed by atoms with Gasteiger partial charge in [0, 0.05) is 45.4 Å². The number of nitrogens with zero attached hydrogens (tertiary/aromatic N) is 1. The van der Waals surface area contributed by atoms with E-state index in [1.165, 1.54) is 5.56 Å². The molecule has 2 atom stereocenters. The van der Waals surface area contributed by atoms with E-state index in [9.17, 15) is 0 Å². The molecule has 1 aromatic carbocycles. The van der Waals surface area contributed by atoms with Crippen molar-refractivity contribution in [1.82, 2.24) is 10.2 Å². The quantitative estimate of drug-likeness (QED) is 0.807. The van der Waals surface area contributed by atoms with E-state index in [4.69, 9.17) is 4.74 Å². The molecule has 0 bridgehead atoms. The van der Waals surface area contributed by atoms with E-state index in [1.807, 2.05) is 0 Å². The van der Waals surface area contributed by atoms with Crippen molar-refractivity contribution in [2.24, 2.45) is 0 Å². The van der Waals surface area contributed by atoms with E-state index in [0.717, 1.165) is 32.7 Å². The summed E-state index contributed by atoms with van der Waals surface area (Å²) < 4.78 is 5.16. The predicted octanol–water partition coefficient (Wildman–Crippen LogP) is 2.06. The van der Waals surface area contributed by atoms with E-state index in [1.54, 1.807) is 7.11 Å². The van der Waals surface area contributed by atoms with Gasteiger partial charge < -0.3 is 10.1 Å². The van der Waals surface area contributed by atoms with Crippen molar-refractivity contribution in [3.8, 4) is 0 Å². The fraction of sp³-hybridized carbons (Fsp3) is 0.600. The molecule has 0 amide bonds. The second-order valence-electron chi connectivity index (χ2n) is 5.08. The summed E-state index contributed by atoms with van der Waals surface area (Å²) in [5.74, 6) is 0. The molecule has 0 aliphatic carbocycles. The number of nitrogens with one attached hydrogen (secondary N) is 1. The third kappa shape index (κ3) is 3.55. The van der Waals surface area contributed by atoms with Crippen LogP contribution in [-0.2, 0) is 4.74 Å². The SMILES string of the molecule is COCCCN1CC(C)NCC1c1ccccc1. The van der Waals surface area contributed by atoms with Gasteiger partial charge in [0.05, 0.1) is 0 Å². The largest absolute Gasteiger partial charge is 0.385 e. The van der Waals surface area contributed by atoms with E-state index >= 15 is 0 Å². The van der Waals surface area contributed by atoms with Crippen LogP contribution in [0, 0.1) is 0 Å². The summed E-state index contributed by atoms with van der Waals surface area (Å²) in [5, 5.41) is 3.58. The maximum absolute atomic E-state index is 5.16. The molecule has 0 spiro atoms. The normalized spacial score (nSPS) is 25.2. The third-order valence-corrected chi connectivity index (χ3v) is 3.59. The number of benzene rings is 1. The third-order valence-electron chi connectivity index (χ3n) is 3.59. The summed E-state index contributed by atoms with van der Waals surface area (Å²) in [5.41, 5.74) is 1.41. The number of ether oxygens (including phenoxy) is 1. The summed E-state index contributed by atoms with van der Waals surface area (Å²) in [7, 11) is 1.77. The maximum atomic E-state index is 5.16. The zero-order valence-electron chi connectivity index (χ0n) is 11.4. The average molecular weight is 248 g/mol. The Hall–Kier alpha value is -0.900. The molecule has 1 saturated heterocycles. The number of hydrogen-bond donors (Lipinski definition) is 1. The average Bonchev–Trinajstić information content (AvgIpc) is 2.40. The molecule has 3 heteroatoms. The van der Waals surface area contributed by atoms with Crippen LogP contribution < -0.4 is 5.32 Å². The Morgan fingerprint density at radius 2 is 2.11 bits per heavy atom. The maximum Gasteiger partial charge on any atom is 0.0474 e. The van der Waals surface area contributed by atoms with Gasteiger partial charge in [0.1, 0.15) is 0 Å². The molecular formula is C15H24N2O. The lowest BCUT2D eigenvalue weighted by atomic mass is 10.0. The van der Waals surface area contributed by atoms with Gasteiger partial charge in [-0.05, 0) is 18.9 Å². The first-order chi connectivity index (χ1) is 8.81. The number of methoxy groups -OCH3 is 1. The van der Waals surface area contributed by atoms with Gasteiger partial charge in [-0.2, -0.15) is 0 Å². The minimum absolute atomic E-state index is 0.499. The minimum atomic E-state index is 0.499. The number of rotatable bonds is 5. The molecule has 18 heavy (non-hydrogen) atoms. The van der Waals surface area contributed by atoms with Crippen molar-refractivity contribution >= 4 is 0 Å². The first-order valence-corrected chi connectivity index (χ1v) is 6.82. The molecule has 1 aliphatic rings. The van der Waals surface area contributed by atoms with Crippen molar-refractivity contribution in [3.05, 3.63) is 35.9 Å². The second kappa shape index (κ2) is 6.88. The highest BCUT2D eigenvalue weighted by atomic mass is 16.5. The second-order valence-corrected chi connectivity index (χ2v) is 5.08. The van der Waals surface area contributed by atoms with Gasteiger partial charge in [0.2, 0.25) is 0 Å². The van der Waals surface area contributed by atoms with Crippen LogP contribution in [0.1, 0.15) is 24.9 Å². The number of hydrogen-bond acceptors (Lipinski definition) is 3. The van der Waals surface area contributed by atoms with Gasteiger partial charge in [-0.25, -0.2) is 0 Å². The van der Waals surface area contributed by atoms with Crippen LogP contribution in [0.5, 0.6) is 0 Å². The predicted molar refractivity (Wildman–Crippen MR) is 74.7 cm³/mol. The number of piperazine rings is 1. The highest BCUT2D eigenvalue weighted by Gasteiger charge is 2.26.